The summed E-state index contributed by atoms with van der Waals surface area (Å²) in [5.74, 6) is 0.276. The van der Waals surface area contributed by atoms with E-state index in [1.807, 2.05) is 0 Å². The zero-order valence-corrected chi connectivity index (χ0v) is 12.9. The quantitative estimate of drug-likeness (QED) is 0.782. The molecule has 0 radical (unpaired) electrons. The molecule has 2 rings (SSSR count). The largest absolute Gasteiger partial charge is 0.332 e. The highest BCUT2D eigenvalue weighted by molar-refractivity contribution is 5.95. The third kappa shape index (κ3) is 3.72. The van der Waals surface area contributed by atoms with Crippen molar-refractivity contribution in [2.75, 3.05) is 26.2 Å². The third-order valence-electron chi connectivity index (χ3n) is 4.01. The smallest absolute Gasteiger partial charge is 0.245 e. The Kier molecular flexibility index (Phi) is 4.68. The van der Waals surface area contributed by atoms with Crippen molar-refractivity contribution in [3.8, 4) is 0 Å². The number of nitrogens with zero attached hydrogens (tertiary/aromatic N) is 2. The first-order valence-corrected chi connectivity index (χ1v) is 7.72. The summed E-state index contributed by atoms with van der Waals surface area (Å²) in [7, 11) is 0. The van der Waals surface area contributed by atoms with E-state index in [1.54, 1.807) is 9.80 Å². The second kappa shape index (κ2) is 6.12. The number of nitrogens with one attached hydrogen (secondary N) is 1. The van der Waals surface area contributed by atoms with Gasteiger partial charge in [0.15, 0.2) is 0 Å². The first kappa shape index (κ1) is 15.3. The Hall–Kier alpha value is -1.10. The number of hydrogen-bond acceptors (Lipinski definition) is 3. The maximum atomic E-state index is 12.4. The van der Waals surface area contributed by atoms with Gasteiger partial charge in [-0.05, 0) is 53.0 Å². The second-order valence-corrected chi connectivity index (χ2v) is 6.89. The number of piperidine rings is 1. The summed E-state index contributed by atoms with van der Waals surface area (Å²) in [5, 5.41) is 3.41. The first-order chi connectivity index (χ1) is 9.38. The molecule has 1 atom stereocenters. The van der Waals surface area contributed by atoms with Gasteiger partial charge in [0, 0.05) is 18.6 Å². The van der Waals surface area contributed by atoms with Crippen molar-refractivity contribution < 1.29 is 9.59 Å². The molecular formula is C15H27N3O2. The van der Waals surface area contributed by atoms with Crippen molar-refractivity contribution in [1.82, 2.24) is 15.1 Å². The van der Waals surface area contributed by atoms with Gasteiger partial charge < -0.3 is 15.1 Å². The molecule has 2 aliphatic rings. The van der Waals surface area contributed by atoms with Crippen LogP contribution in [0.3, 0.4) is 0 Å². The average Bonchev–Trinajstić information content (AvgIpc) is 2.39. The Morgan fingerprint density at radius 1 is 1.25 bits per heavy atom. The van der Waals surface area contributed by atoms with Crippen LogP contribution in [0.4, 0.5) is 0 Å². The van der Waals surface area contributed by atoms with Crippen molar-refractivity contribution in [2.24, 2.45) is 0 Å². The number of hydrogen-bond donors (Lipinski definition) is 1. The van der Waals surface area contributed by atoms with Gasteiger partial charge >= 0.3 is 0 Å². The van der Waals surface area contributed by atoms with Crippen molar-refractivity contribution in [2.45, 2.75) is 58.0 Å². The number of piperazine rings is 1. The van der Waals surface area contributed by atoms with Crippen LogP contribution in [-0.4, -0.2) is 59.4 Å². The molecule has 2 amide bonds. The van der Waals surface area contributed by atoms with Gasteiger partial charge in [-0.15, -0.1) is 0 Å². The molecule has 0 aromatic carbocycles. The minimum atomic E-state index is -0.180. The maximum absolute atomic E-state index is 12.4. The van der Waals surface area contributed by atoms with Crippen LogP contribution in [0.15, 0.2) is 0 Å². The van der Waals surface area contributed by atoms with E-state index in [0.717, 1.165) is 38.8 Å². The summed E-state index contributed by atoms with van der Waals surface area (Å²) >= 11 is 0. The molecule has 0 aliphatic carbocycles. The number of carbonyl (C=O) groups excluding carboxylic acids is 2. The SMILES string of the molecule is CC(C)(C)NCCCN1CC(=O)N2CCCCC2C1=O. The fourth-order valence-electron chi connectivity index (χ4n) is 2.95. The number of fused-ring (bicyclic) bond motifs is 1. The van der Waals surface area contributed by atoms with E-state index in [2.05, 4.69) is 26.1 Å². The molecule has 1 unspecified atom stereocenters. The van der Waals surface area contributed by atoms with Gasteiger partial charge in [-0.3, -0.25) is 9.59 Å². The monoisotopic (exact) mass is 281 g/mol. The summed E-state index contributed by atoms with van der Waals surface area (Å²) in [6.45, 7) is 8.96. The summed E-state index contributed by atoms with van der Waals surface area (Å²) in [4.78, 5) is 28.0. The van der Waals surface area contributed by atoms with Crippen LogP contribution in [0, 0.1) is 0 Å². The van der Waals surface area contributed by atoms with Gasteiger partial charge in [0.05, 0.1) is 6.54 Å². The van der Waals surface area contributed by atoms with E-state index in [-0.39, 0.29) is 29.9 Å². The molecule has 0 bridgehead atoms. The molecule has 1 N–H and O–H groups in total. The number of rotatable bonds is 4. The Labute approximate surface area is 121 Å². The fraction of sp³-hybridized carbons (Fsp3) is 0.867. The van der Waals surface area contributed by atoms with Crippen LogP contribution in [0.25, 0.3) is 0 Å². The predicted octanol–water partition coefficient (Wildman–Crippen LogP) is 0.988. The lowest BCUT2D eigenvalue weighted by molar-refractivity contribution is -0.157. The van der Waals surface area contributed by atoms with Crippen molar-refractivity contribution in [1.29, 1.82) is 0 Å². The molecule has 0 spiro atoms. The lowest BCUT2D eigenvalue weighted by atomic mass is 9.98. The molecule has 20 heavy (non-hydrogen) atoms. The fourth-order valence-corrected chi connectivity index (χ4v) is 2.95. The molecule has 114 valence electrons. The molecule has 2 fully saturated rings. The van der Waals surface area contributed by atoms with Crippen LogP contribution in [-0.2, 0) is 9.59 Å². The maximum Gasteiger partial charge on any atom is 0.245 e. The molecule has 0 saturated carbocycles. The van der Waals surface area contributed by atoms with E-state index in [9.17, 15) is 9.59 Å². The van der Waals surface area contributed by atoms with E-state index in [4.69, 9.17) is 0 Å². The standard InChI is InChI=1S/C15H27N3O2/c1-15(2,3)16-8-6-9-17-11-13(19)18-10-5-4-7-12(18)14(17)20/h12,16H,4-11H2,1-3H3. The van der Waals surface area contributed by atoms with Gasteiger partial charge in [0.1, 0.15) is 6.04 Å². The zero-order valence-electron chi connectivity index (χ0n) is 12.9. The highest BCUT2D eigenvalue weighted by Crippen LogP contribution is 2.23. The Bertz CT molecular complexity index is 376. The molecule has 2 aliphatic heterocycles. The van der Waals surface area contributed by atoms with Crippen molar-refractivity contribution in [3.63, 3.8) is 0 Å². The van der Waals surface area contributed by atoms with E-state index in [0.29, 0.717) is 6.54 Å². The Morgan fingerprint density at radius 2 is 2.00 bits per heavy atom. The minimum Gasteiger partial charge on any atom is -0.332 e. The van der Waals surface area contributed by atoms with Gasteiger partial charge in [0.25, 0.3) is 0 Å². The predicted molar refractivity (Wildman–Crippen MR) is 78.3 cm³/mol. The minimum absolute atomic E-state index is 0.0991. The highest BCUT2D eigenvalue weighted by Gasteiger charge is 2.39. The highest BCUT2D eigenvalue weighted by atomic mass is 16.2. The van der Waals surface area contributed by atoms with Crippen LogP contribution in [0.5, 0.6) is 0 Å². The van der Waals surface area contributed by atoms with Gasteiger partial charge in [-0.25, -0.2) is 0 Å². The molecule has 2 saturated heterocycles. The van der Waals surface area contributed by atoms with E-state index >= 15 is 0 Å². The molecular weight excluding hydrogens is 254 g/mol. The van der Waals surface area contributed by atoms with Crippen molar-refractivity contribution in [3.05, 3.63) is 0 Å². The lowest BCUT2D eigenvalue weighted by Gasteiger charge is -2.42. The van der Waals surface area contributed by atoms with Crippen LogP contribution in [0.1, 0.15) is 46.5 Å². The molecule has 2 heterocycles. The molecule has 5 heteroatoms. The normalized spacial score (nSPS) is 24.1. The van der Waals surface area contributed by atoms with Gasteiger partial charge in [0.2, 0.25) is 11.8 Å². The summed E-state index contributed by atoms with van der Waals surface area (Å²) in [6.07, 6.45) is 3.81. The first-order valence-electron chi connectivity index (χ1n) is 7.72. The lowest BCUT2D eigenvalue weighted by Crippen LogP contribution is -2.61. The van der Waals surface area contributed by atoms with Gasteiger partial charge in [-0.2, -0.15) is 0 Å². The van der Waals surface area contributed by atoms with Crippen molar-refractivity contribution >= 4 is 11.8 Å². The topological polar surface area (TPSA) is 52.7 Å². The molecule has 0 aromatic rings. The van der Waals surface area contributed by atoms with Crippen LogP contribution in [0.2, 0.25) is 0 Å². The third-order valence-corrected chi connectivity index (χ3v) is 4.01. The average molecular weight is 281 g/mol. The Morgan fingerprint density at radius 3 is 2.70 bits per heavy atom. The van der Waals surface area contributed by atoms with E-state index in [1.165, 1.54) is 0 Å². The van der Waals surface area contributed by atoms with Crippen LogP contribution >= 0.6 is 0 Å². The Balaban J connectivity index is 1.83. The summed E-state index contributed by atoms with van der Waals surface area (Å²) < 4.78 is 0. The number of carbonyl (C=O) groups is 2. The van der Waals surface area contributed by atoms with Crippen LogP contribution < -0.4 is 5.32 Å². The molecule has 0 aromatic heterocycles. The molecule has 5 nitrogen and oxygen atoms in total. The van der Waals surface area contributed by atoms with Gasteiger partial charge in [-0.1, -0.05) is 0 Å². The number of amides is 2. The second-order valence-electron chi connectivity index (χ2n) is 6.89. The summed E-state index contributed by atoms with van der Waals surface area (Å²) in [5.41, 5.74) is 0.0991. The zero-order chi connectivity index (χ0) is 14.8. The van der Waals surface area contributed by atoms with E-state index < -0.39 is 0 Å². The summed E-state index contributed by atoms with van der Waals surface area (Å²) in [6, 6.07) is -0.180.